The fourth-order valence-electron chi connectivity index (χ4n) is 0.977. The smallest absolute Gasteiger partial charge is 0.331 e. The number of carbonyl (C=O) groups is 1. The summed E-state index contributed by atoms with van der Waals surface area (Å²) < 4.78 is 0. The van der Waals surface area contributed by atoms with E-state index >= 15 is 0 Å². The molecule has 80 valence electrons. The molecule has 1 rings (SSSR count). The lowest BCUT2D eigenvalue weighted by molar-refractivity contribution is -0.132. The average Bonchev–Trinajstić information content (AvgIpc) is 2.20. The molecule has 0 aliphatic rings. The summed E-state index contributed by atoms with van der Waals surface area (Å²) in [5.74, 6) is -0.895. The lowest BCUT2D eigenvalue weighted by atomic mass is 10.3. The van der Waals surface area contributed by atoms with Gasteiger partial charge in [-0.05, 0) is 31.2 Å². The highest BCUT2D eigenvalue weighted by Gasteiger charge is 1.97. The maximum Gasteiger partial charge on any atom is 0.331 e. The van der Waals surface area contributed by atoms with Crippen LogP contribution in [0.2, 0.25) is 5.02 Å². The zero-order valence-corrected chi connectivity index (χ0v) is 9.08. The van der Waals surface area contributed by atoms with Gasteiger partial charge in [0.15, 0.2) is 0 Å². The fourth-order valence-corrected chi connectivity index (χ4v) is 1.10. The monoisotopic (exact) mass is 225 g/mol. The minimum atomic E-state index is -0.895. The fraction of sp³-hybridized carbons (Fsp3) is 0.182. The van der Waals surface area contributed by atoms with Crippen LogP contribution in [-0.2, 0) is 4.79 Å². The normalized spacial score (nSPS) is 11.2. The van der Waals surface area contributed by atoms with E-state index in [1.807, 2.05) is 12.1 Å². The minimum absolute atomic E-state index is 0.330. The van der Waals surface area contributed by atoms with Gasteiger partial charge in [-0.1, -0.05) is 17.7 Å². The maximum atomic E-state index is 10.5. The number of hydrogen-bond acceptors (Lipinski definition) is 2. The Morgan fingerprint density at radius 2 is 2.07 bits per heavy atom. The SMILES string of the molecule is C/C(=C/CNc1ccc(Cl)cc1)C(=O)O. The van der Waals surface area contributed by atoms with Crippen molar-refractivity contribution in [2.45, 2.75) is 6.92 Å². The quantitative estimate of drug-likeness (QED) is 0.775. The van der Waals surface area contributed by atoms with Crippen LogP contribution in [0.15, 0.2) is 35.9 Å². The second kappa shape index (κ2) is 5.41. The molecule has 2 N–H and O–H groups in total. The maximum absolute atomic E-state index is 10.5. The highest BCUT2D eigenvalue weighted by atomic mass is 35.5. The number of rotatable bonds is 4. The molecule has 0 bridgehead atoms. The molecule has 0 spiro atoms. The molecule has 3 nitrogen and oxygen atoms in total. The minimum Gasteiger partial charge on any atom is -0.478 e. The first kappa shape index (κ1) is 11.6. The highest BCUT2D eigenvalue weighted by molar-refractivity contribution is 6.30. The number of carboxylic acids is 1. The van der Waals surface area contributed by atoms with Crippen LogP contribution in [0.3, 0.4) is 0 Å². The largest absolute Gasteiger partial charge is 0.478 e. The Morgan fingerprint density at radius 3 is 2.60 bits per heavy atom. The third-order valence-corrected chi connectivity index (χ3v) is 2.15. The molecule has 0 saturated carbocycles. The molecule has 0 saturated heterocycles. The molecule has 0 radical (unpaired) electrons. The molecule has 15 heavy (non-hydrogen) atoms. The van der Waals surface area contributed by atoms with Crippen LogP contribution in [0.4, 0.5) is 5.69 Å². The lowest BCUT2D eigenvalue weighted by Crippen LogP contribution is -2.02. The van der Waals surface area contributed by atoms with Gasteiger partial charge < -0.3 is 10.4 Å². The van der Waals surface area contributed by atoms with Crippen molar-refractivity contribution in [3.05, 3.63) is 40.9 Å². The van der Waals surface area contributed by atoms with E-state index in [2.05, 4.69) is 5.32 Å². The van der Waals surface area contributed by atoms with Crippen molar-refractivity contribution >= 4 is 23.3 Å². The molecule has 0 atom stereocenters. The Hall–Kier alpha value is -1.48. The van der Waals surface area contributed by atoms with Crippen LogP contribution in [0, 0.1) is 0 Å². The van der Waals surface area contributed by atoms with E-state index in [1.54, 1.807) is 25.1 Å². The second-order valence-corrected chi connectivity index (χ2v) is 3.52. The van der Waals surface area contributed by atoms with Crippen LogP contribution in [0.25, 0.3) is 0 Å². The van der Waals surface area contributed by atoms with Gasteiger partial charge in [0.2, 0.25) is 0 Å². The Morgan fingerprint density at radius 1 is 1.47 bits per heavy atom. The average molecular weight is 226 g/mol. The number of halogens is 1. The number of nitrogens with one attached hydrogen (secondary N) is 1. The predicted octanol–water partition coefficient (Wildman–Crippen LogP) is 2.78. The number of aliphatic carboxylic acids is 1. The third kappa shape index (κ3) is 4.04. The van der Waals surface area contributed by atoms with E-state index in [0.717, 1.165) is 5.69 Å². The number of benzene rings is 1. The number of hydrogen-bond donors (Lipinski definition) is 2. The zero-order valence-electron chi connectivity index (χ0n) is 8.33. The van der Waals surface area contributed by atoms with Gasteiger partial charge in [-0.2, -0.15) is 0 Å². The molecule has 1 aromatic rings. The summed E-state index contributed by atoms with van der Waals surface area (Å²) in [5, 5.41) is 12.3. The van der Waals surface area contributed by atoms with Crippen LogP contribution < -0.4 is 5.32 Å². The Kier molecular flexibility index (Phi) is 4.18. The van der Waals surface area contributed by atoms with E-state index in [-0.39, 0.29) is 0 Å². The molecule has 0 aromatic heterocycles. The molecule has 1 aromatic carbocycles. The van der Waals surface area contributed by atoms with Crippen molar-refractivity contribution in [3.8, 4) is 0 Å². The van der Waals surface area contributed by atoms with Gasteiger partial charge in [0.05, 0.1) is 0 Å². The Bertz CT molecular complexity index is 371. The summed E-state index contributed by atoms with van der Waals surface area (Å²) in [7, 11) is 0. The summed E-state index contributed by atoms with van der Waals surface area (Å²) >= 11 is 5.72. The van der Waals surface area contributed by atoms with E-state index in [9.17, 15) is 4.79 Å². The van der Waals surface area contributed by atoms with E-state index in [0.29, 0.717) is 17.1 Å². The number of carboxylic acid groups (broad SMARTS) is 1. The van der Waals surface area contributed by atoms with E-state index in [4.69, 9.17) is 16.7 Å². The van der Waals surface area contributed by atoms with E-state index < -0.39 is 5.97 Å². The highest BCUT2D eigenvalue weighted by Crippen LogP contribution is 2.12. The van der Waals surface area contributed by atoms with Gasteiger partial charge in [-0.3, -0.25) is 0 Å². The Labute approximate surface area is 93.4 Å². The molecular weight excluding hydrogens is 214 g/mol. The van der Waals surface area contributed by atoms with Gasteiger partial charge in [0.25, 0.3) is 0 Å². The Balaban J connectivity index is 2.48. The second-order valence-electron chi connectivity index (χ2n) is 3.08. The van der Waals surface area contributed by atoms with Crippen molar-refractivity contribution < 1.29 is 9.90 Å². The van der Waals surface area contributed by atoms with Gasteiger partial charge in [0, 0.05) is 22.8 Å². The summed E-state index contributed by atoms with van der Waals surface area (Å²) in [5.41, 5.74) is 1.24. The van der Waals surface area contributed by atoms with Gasteiger partial charge >= 0.3 is 5.97 Å². The topological polar surface area (TPSA) is 49.3 Å². The third-order valence-electron chi connectivity index (χ3n) is 1.90. The molecule has 4 heteroatoms. The predicted molar refractivity (Wildman–Crippen MR) is 61.3 cm³/mol. The molecule has 0 aliphatic heterocycles. The van der Waals surface area contributed by atoms with Crippen molar-refractivity contribution in [2.24, 2.45) is 0 Å². The van der Waals surface area contributed by atoms with Gasteiger partial charge in [-0.25, -0.2) is 4.79 Å². The van der Waals surface area contributed by atoms with Crippen LogP contribution in [0.1, 0.15) is 6.92 Å². The summed E-state index contributed by atoms with van der Waals surface area (Å²) in [6.07, 6.45) is 1.62. The molecule has 0 aliphatic carbocycles. The lowest BCUT2D eigenvalue weighted by Gasteiger charge is -2.03. The molecule has 0 heterocycles. The molecular formula is C11H12ClNO2. The first-order chi connectivity index (χ1) is 7.09. The first-order valence-electron chi connectivity index (χ1n) is 4.49. The summed E-state index contributed by atoms with van der Waals surface area (Å²) in [6, 6.07) is 7.23. The number of anilines is 1. The molecule has 0 amide bonds. The van der Waals surface area contributed by atoms with Gasteiger partial charge in [-0.15, -0.1) is 0 Å². The van der Waals surface area contributed by atoms with Crippen molar-refractivity contribution in [1.29, 1.82) is 0 Å². The van der Waals surface area contributed by atoms with E-state index in [1.165, 1.54) is 0 Å². The van der Waals surface area contributed by atoms with Crippen LogP contribution in [-0.4, -0.2) is 17.6 Å². The zero-order chi connectivity index (χ0) is 11.3. The van der Waals surface area contributed by atoms with Crippen molar-refractivity contribution in [2.75, 3.05) is 11.9 Å². The van der Waals surface area contributed by atoms with Crippen molar-refractivity contribution in [3.63, 3.8) is 0 Å². The first-order valence-corrected chi connectivity index (χ1v) is 4.87. The summed E-state index contributed by atoms with van der Waals surface area (Å²) in [6.45, 7) is 2.05. The van der Waals surface area contributed by atoms with Gasteiger partial charge in [0.1, 0.15) is 0 Å². The van der Waals surface area contributed by atoms with Crippen LogP contribution in [0.5, 0.6) is 0 Å². The van der Waals surface area contributed by atoms with Crippen LogP contribution >= 0.6 is 11.6 Å². The standard InChI is InChI=1S/C11H12ClNO2/c1-8(11(14)15)6-7-13-10-4-2-9(12)3-5-10/h2-6,13H,7H2,1H3,(H,14,15)/b8-6-. The molecule has 0 unspecified atom stereocenters. The summed E-state index contributed by atoms with van der Waals surface area (Å²) in [4.78, 5) is 10.5. The molecule has 0 fully saturated rings. The van der Waals surface area contributed by atoms with Crippen molar-refractivity contribution in [1.82, 2.24) is 0 Å².